The average molecular weight is 422 g/mol. The van der Waals surface area contributed by atoms with E-state index < -0.39 is 38.3 Å². The number of methoxy groups -OCH3 is 1. The van der Waals surface area contributed by atoms with Crippen molar-refractivity contribution >= 4 is 27.4 Å². The first-order chi connectivity index (χ1) is 12.9. The fraction of sp³-hybridized carbons (Fsp3) is 0.375. The van der Waals surface area contributed by atoms with Gasteiger partial charge in [-0.25, -0.2) is 13.2 Å². The van der Waals surface area contributed by atoms with Crippen LogP contribution < -0.4 is 5.32 Å². The number of hydrogen-bond donors (Lipinski definition) is 2. The molecule has 28 heavy (non-hydrogen) atoms. The summed E-state index contributed by atoms with van der Waals surface area (Å²) >= 11 is 0. The number of benzene rings is 1. The molecule has 0 radical (unpaired) electrons. The molecule has 1 aromatic carbocycles. The second-order valence-electron chi connectivity index (χ2n) is 5.90. The summed E-state index contributed by atoms with van der Waals surface area (Å²) in [4.78, 5) is 24.5. The molecule has 0 fully saturated rings. The number of alkyl halides is 3. The van der Waals surface area contributed by atoms with Crippen LogP contribution in [0.3, 0.4) is 0 Å². The fourth-order valence-electron chi connectivity index (χ4n) is 2.65. The number of amides is 1. The molecule has 154 valence electrons. The highest BCUT2D eigenvalue weighted by Crippen LogP contribution is 2.36. The fourth-order valence-corrected chi connectivity index (χ4v) is 3.54. The van der Waals surface area contributed by atoms with Crippen molar-refractivity contribution < 1.29 is 41.0 Å². The predicted molar refractivity (Wildman–Crippen MR) is 90.9 cm³/mol. The highest BCUT2D eigenvalue weighted by Gasteiger charge is 2.38. The first-order valence-corrected chi connectivity index (χ1v) is 9.69. The lowest BCUT2D eigenvalue weighted by atomic mass is 10.1. The van der Waals surface area contributed by atoms with E-state index in [0.717, 1.165) is 24.1 Å². The number of halogens is 3. The predicted octanol–water partition coefficient (Wildman–Crippen LogP) is 0.782. The van der Waals surface area contributed by atoms with Crippen molar-refractivity contribution in [1.29, 1.82) is 0 Å². The zero-order valence-electron chi connectivity index (χ0n) is 14.8. The van der Waals surface area contributed by atoms with Crippen LogP contribution in [0.2, 0.25) is 0 Å². The van der Waals surface area contributed by atoms with Crippen molar-refractivity contribution in [2.75, 3.05) is 38.4 Å². The average Bonchev–Trinajstić information content (AvgIpc) is 2.89. The molecule has 0 spiro atoms. The molecule has 0 unspecified atom stereocenters. The van der Waals surface area contributed by atoms with E-state index in [1.165, 1.54) is 0 Å². The number of β-amino-alcohol motifs (C(OH)–C–C–N with tert-alkyl or cyclic N) is 1. The number of aliphatic hydroxyl groups is 1. The normalized spacial score (nSPS) is 15.2. The first kappa shape index (κ1) is 21.7. The third-order valence-electron chi connectivity index (χ3n) is 3.91. The van der Waals surface area contributed by atoms with Crippen molar-refractivity contribution in [3.05, 3.63) is 35.0 Å². The third kappa shape index (κ3) is 4.44. The highest BCUT2D eigenvalue weighted by atomic mass is 32.2. The topological polar surface area (TPSA) is 113 Å². The molecule has 0 saturated carbocycles. The number of aliphatic hydroxyl groups excluding tert-OH is 1. The SMILES string of the molecule is COC(=O)C1=C(Nc2ccc(S(C)(=O)=O)c(C(F)(F)F)c2)C(=O)N(CCO)C1. The van der Waals surface area contributed by atoms with Crippen LogP contribution in [0.1, 0.15) is 5.56 Å². The minimum absolute atomic E-state index is 0.0919. The molecule has 0 bridgehead atoms. The van der Waals surface area contributed by atoms with Gasteiger partial charge in [0, 0.05) is 18.5 Å². The number of ether oxygens (including phenoxy) is 1. The van der Waals surface area contributed by atoms with Crippen LogP contribution in [-0.4, -0.2) is 63.4 Å². The van der Waals surface area contributed by atoms with E-state index in [2.05, 4.69) is 10.1 Å². The van der Waals surface area contributed by atoms with E-state index >= 15 is 0 Å². The van der Waals surface area contributed by atoms with Gasteiger partial charge in [0.1, 0.15) is 5.70 Å². The Morgan fingerprint density at radius 1 is 1.36 bits per heavy atom. The Kier molecular flexibility index (Phi) is 6.04. The molecule has 0 aromatic heterocycles. The van der Waals surface area contributed by atoms with Crippen molar-refractivity contribution in [3.63, 3.8) is 0 Å². The molecule has 2 rings (SSSR count). The van der Waals surface area contributed by atoms with Crippen molar-refractivity contribution in [1.82, 2.24) is 4.90 Å². The maximum Gasteiger partial charge on any atom is 0.417 e. The molecule has 0 saturated heterocycles. The smallest absolute Gasteiger partial charge is 0.417 e. The van der Waals surface area contributed by atoms with Crippen molar-refractivity contribution in [3.8, 4) is 0 Å². The summed E-state index contributed by atoms with van der Waals surface area (Å²) in [6.07, 6.45) is -4.31. The maximum atomic E-state index is 13.3. The molecule has 1 aliphatic heterocycles. The van der Waals surface area contributed by atoms with Crippen LogP contribution in [0.25, 0.3) is 0 Å². The summed E-state index contributed by atoms with van der Waals surface area (Å²) in [5, 5.41) is 11.5. The minimum Gasteiger partial charge on any atom is -0.466 e. The van der Waals surface area contributed by atoms with Gasteiger partial charge < -0.3 is 20.1 Å². The quantitative estimate of drug-likeness (QED) is 0.652. The van der Waals surface area contributed by atoms with Crippen LogP contribution >= 0.6 is 0 Å². The Morgan fingerprint density at radius 2 is 2.00 bits per heavy atom. The molecule has 0 aliphatic carbocycles. The van der Waals surface area contributed by atoms with E-state index in [9.17, 15) is 31.2 Å². The lowest BCUT2D eigenvalue weighted by Crippen LogP contribution is -2.31. The van der Waals surface area contributed by atoms with E-state index in [1.54, 1.807) is 0 Å². The van der Waals surface area contributed by atoms with Gasteiger partial charge in [-0.15, -0.1) is 0 Å². The minimum atomic E-state index is -4.96. The van der Waals surface area contributed by atoms with Gasteiger partial charge in [-0.05, 0) is 18.2 Å². The van der Waals surface area contributed by atoms with E-state index in [1.807, 2.05) is 0 Å². The summed E-state index contributed by atoms with van der Waals surface area (Å²) in [6.45, 7) is -0.665. The number of anilines is 1. The van der Waals surface area contributed by atoms with Gasteiger partial charge in [0.15, 0.2) is 9.84 Å². The van der Waals surface area contributed by atoms with Crippen LogP contribution in [-0.2, 0) is 30.3 Å². The number of rotatable bonds is 6. The zero-order chi connectivity index (χ0) is 21.3. The Bertz CT molecular complexity index is 940. The Labute approximate surface area is 158 Å². The molecule has 2 N–H and O–H groups in total. The molecule has 0 atom stereocenters. The van der Waals surface area contributed by atoms with Crippen molar-refractivity contribution in [2.45, 2.75) is 11.1 Å². The first-order valence-electron chi connectivity index (χ1n) is 7.80. The number of nitrogens with zero attached hydrogens (tertiary/aromatic N) is 1. The number of hydrogen-bond acceptors (Lipinski definition) is 7. The lowest BCUT2D eigenvalue weighted by molar-refractivity contribution is -0.140. The number of esters is 1. The second-order valence-corrected chi connectivity index (χ2v) is 7.89. The van der Waals surface area contributed by atoms with Crippen LogP contribution in [0.4, 0.5) is 18.9 Å². The number of nitrogens with one attached hydrogen (secondary N) is 1. The summed E-state index contributed by atoms with van der Waals surface area (Å²) < 4.78 is 67.7. The maximum absolute atomic E-state index is 13.3. The molecule has 1 aromatic rings. The van der Waals surface area contributed by atoms with Gasteiger partial charge in [0.2, 0.25) is 0 Å². The van der Waals surface area contributed by atoms with E-state index in [-0.39, 0.29) is 36.7 Å². The van der Waals surface area contributed by atoms with Gasteiger partial charge in [-0.3, -0.25) is 4.79 Å². The summed E-state index contributed by atoms with van der Waals surface area (Å²) in [6, 6.07) is 2.36. The highest BCUT2D eigenvalue weighted by molar-refractivity contribution is 7.90. The summed E-state index contributed by atoms with van der Waals surface area (Å²) in [7, 11) is -3.07. The zero-order valence-corrected chi connectivity index (χ0v) is 15.6. The standard InChI is InChI=1S/C16H17F3N2O6S/c1-27-15(24)10-8-21(5-6-22)14(23)13(10)20-9-3-4-12(28(2,25)26)11(7-9)16(17,18)19/h3-4,7,20,22H,5-6,8H2,1-2H3. The monoisotopic (exact) mass is 422 g/mol. The van der Waals surface area contributed by atoms with Crippen LogP contribution in [0.5, 0.6) is 0 Å². The largest absolute Gasteiger partial charge is 0.466 e. The van der Waals surface area contributed by atoms with Gasteiger partial charge in [-0.1, -0.05) is 0 Å². The Hall–Kier alpha value is -2.60. The van der Waals surface area contributed by atoms with Gasteiger partial charge >= 0.3 is 12.1 Å². The molecular formula is C16H17F3N2O6S. The molecule has 1 aliphatic rings. The number of carbonyl (C=O) groups is 2. The van der Waals surface area contributed by atoms with Gasteiger partial charge in [-0.2, -0.15) is 13.2 Å². The van der Waals surface area contributed by atoms with E-state index in [4.69, 9.17) is 5.11 Å². The molecule has 1 amide bonds. The third-order valence-corrected chi connectivity index (χ3v) is 5.06. The van der Waals surface area contributed by atoms with Crippen molar-refractivity contribution in [2.24, 2.45) is 0 Å². The van der Waals surface area contributed by atoms with Crippen LogP contribution in [0.15, 0.2) is 34.4 Å². The second kappa shape index (κ2) is 7.80. The van der Waals surface area contributed by atoms with Gasteiger partial charge in [0.25, 0.3) is 5.91 Å². The van der Waals surface area contributed by atoms with Gasteiger partial charge in [0.05, 0.1) is 36.3 Å². The number of sulfone groups is 1. The Morgan fingerprint density at radius 3 is 2.50 bits per heavy atom. The number of carbonyl (C=O) groups excluding carboxylic acids is 2. The summed E-state index contributed by atoms with van der Waals surface area (Å²) in [5.41, 5.74) is -2.07. The summed E-state index contributed by atoms with van der Waals surface area (Å²) in [5.74, 6) is -1.57. The lowest BCUT2D eigenvalue weighted by Gasteiger charge is -2.16. The molecular weight excluding hydrogens is 405 g/mol. The Balaban J connectivity index is 2.50. The van der Waals surface area contributed by atoms with Crippen LogP contribution in [0, 0.1) is 0 Å². The van der Waals surface area contributed by atoms with E-state index in [0.29, 0.717) is 12.3 Å². The molecule has 1 heterocycles. The molecule has 8 nitrogen and oxygen atoms in total. The molecule has 12 heteroatoms.